The molecule has 3 aromatic rings. The molecule has 1 aromatic heterocycles. The number of anilines is 1. The third kappa shape index (κ3) is 2.66. The van der Waals surface area contributed by atoms with E-state index in [1.165, 1.54) is 12.1 Å². The fourth-order valence-corrected chi connectivity index (χ4v) is 3.38. The third-order valence-corrected chi connectivity index (χ3v) is 4.55. The number of hydrogen-bond donors (Lipinski definition) is 1. The number of aromatic hydroxyl groups is 1. The second-order valence-electron chi connectivity index (χ2n) is 6.16. The molecule has 0 saturated carbocycles. The van der Waals surface area contributed by atoms with Crippen LogP contribution in [0.2, 0.25) is 0 Å². The van der Waals surface area contributed by atoms with Crippen molar-refractivity contribution in [3.8, 4) is 11.5 Å². The van der Waals surface area contributed by atoms with E-state index in [2.05, 4.69) is 11.7 Å². The highest BCUT2D eigenvalue weighted by molar-refractivity contribution is 6.22. The van der Waals surface area contributed by atoms with Gasteiger partial charge in [0.15, 0.2) is 0 Å². The van der Waals surface area contributed by atoms with Crippen LogP contribution in [0.3, 0.4) is 0 Å². The number of benzene rings is 2. The van der Waals surface area contributed by atoms with Crippen LogP contribution in [0.4, 0.5) is 5.69 Å². The van der Waals surface area contributed by atoms with Gasteiger partial charge in [-0.25, -0.2) is 5.01 Å². The average molecular weight is 362 g/mol. The molecule has 4 rings (SSSR count). The van der Waals surface area contributed by atoms with Crippen molar-refractivity contribution in [2.75, 3.05) is 12.1 Å². The van der Waals surface area contributed by atoms with Crippen LogP contribution >= 0.6 is 0 Å². The number of carbonyl (C=O) groups is 1. The van der Waals surface area contributed by atoms with Crippen molar-refractivity contribution in [2.24, 2.45) is 5.10 Å². The van der Waals surface area contributed by atoms with Gasteiger partial charge in [-0.15, -0.1) is 6.58 Å². The number of carbonyl (C=O) groups excluding carboxylic acids is 1. The van der Waals surface area contributed by atoms with Gasteiger partial charge in [-0.3, -0.25) is 4.79 Å². The third-order valence-electron chi connectivity index (χ3n) is 4.55. The molecule has 2 aromatic carbocycles. The van der Waals surface area contributed by atoms with E-state index in [0.29, 0.717) is 40.3 Å². The van der Waals surface area contributed by atoms with E-state index in [1.807, 2.05) is 30.3 Å². The number of furan rings is 1. The zero-order chi connectivity index (χ0) is 19.0. The van der Waals surface area contributed by atoms with Gasteiger partial charge in [0.05, 0.1) is 42.1 Å². The molecular weight excluding hydrogens is 344 g/mol. The summed E-state index contributed by atoms with van der Waals surface area (Å²) in [4.78, 5) is 12.5. The van der Waals surface area contributed by atoms with E-state index in [0.717, 1.165) is 5.39 Å². The lowest BCUT2D eigenvalue weighted by Gasteiger charge is -2.14. The number of phenols is 1. The van der Waals surface area contributed by atoms with Gasteiger partial charge in [0.25, 0.3) is 5.91 Å². The summed E-state index contributed by atoms with van der Waals surface area (Å²) >= 11 is 0. The molecule has 6 heteroatoms. The Labute approximate surface area is 156 Å². The minimum Gasteiger partial charge on any atom is -0.507 e. The number of allylic oxidation sites excluding steroid dienone is 1. The van der Waals surface area contributed by atoms with E-state index in [-0.39, 0.29) is 18.1 Å². The molecule has 1 aliphatic rings. The number of nitrogens with zero attached hydrogens (tertiary/aromatic N) is 2. The Morgan fingerprint density at radius 2 is 2.11 bits per heavy atom. The van der Waals surface area contributed by atoms with Gasteiger partial charge < -0.3 is 14.3 Å². The van der Waals surface area contributed by atoms with Gasteiger partial charge in [-0.05, 0) is 24.6 Å². The van der Waals surface area contributed by atoms with E-state index >= 15 is 0 Å². The number of hydrazone groups is 1. The molecule has 0 bridgehead atoms. The van der Waals surface area contributed by atoms with Crippen LogP contribution in [0.1, 0.15) is 17.5 Å². The second kappa shape index (κ2) is 6.64. The molecule has 0 atom stereocenters. The first-order chi connectivity index (χ1) is 13.2. The van der Waals surface area contributed by atoms with Crippen molar-refractivity contribution in [3.63, 3.8) is 0 Å². The molecule has 1 N–H and O–H groups in total. The summed E-state index contributed by atoms with van der Waals surface area (Å²) in [6, 6.07) is 10.9. The van der Waals surface area contributed by atoms with E-state index in [9.17, 15) is 9.90 Å². The van der Waals surface area contributed by atoms with Crippen molar-refractivity contribution in [1.82, 2.24) is 0 Å². The monoisotopic (exact) mass is 362 g/mol. The fraction of sp³-hybridized carbons (Fsp3) is 0.143. The van der Waals surface area contributed by atoms with Crippen LogP contribution in [0, 0.1) is 0 Å². The quantitative estimate of drug-likeness (QED) is 0.696. The van der Waals surface area contributed by atoms with Crippen LogP contribution in [0.25, 0.3) is 11.0 Å². The summed E-state index contributed by atoms with van der Waals surface area (Å²) in [6.45, 7) is 3.75. The topological polar surface area (TPSA) is 75.3 Å². The predicted octanol–water partition coefficient (Wildman–Crippen LogP) is 4.02. The van der Waals surface area contributed by atoms with Crippen molar-refractivity contribution in [1.29, 1.82) is 0 Å². The maximum absolute atomic E-state index is 12.5. The first-order valence-electron chi connectivity index (χ1n) is 8.51. The molecule has 136 valence electrons. The molecular formula is C21H18N2O4. The van der Waals surface area contributed by atoms with Crippen LogP contribution in [-0.2, 0) is 11.2 Å². The molecule has 1 aliphatic heterocycles. The Balaban J connectivity index is 1.92. The van der Waals surface area contributed by atoms with Gasteiger partial charge in [0, 0.05) is 5.56 Å². The lowest BCUT2D eigenvalue weighted by atomic mass is 9.97. The van der Waals surface area contributed by atoms with Crippen molar-refractivity contribution in [3.05, 3.63) is 66.4 Å². The number of ether oxygens (including phenoxy) is 1. The summed E-state index contributed by atoms with van der Waals surface area (Å²) in [6.07, 6.45) is 3.71. The zero-order valence-electron chi connectivity index (χ0n) is 14.8. The SMILES string of the molecule is C=CCc1c(O)c(C2=NN(c3ccccc3)C(=O)C2)c(OC)c2ccoc12. The predicted molar refractivity (Wildman–Crippen MR) is 103 cm³/mol. The summed E-state index contributed by atoms with van der Waals surface area (Å²) in [7, 11) is 1.52. The Kier molecular flexibility index (Phi) is 4.16. The number of phenolic OH excluding ortho intramolecular Hbond substituents is 1. The Morgan fingerprint density at radius 1 is 1.33 bits per heavy atom. The van der Waals surface area contributed by atoms with Gasteiger partial charge in [-0.1, -0.05) is 24.3 Å². The smallest absolute Gasteiger partial charge is 0.253 e. The molecule has 1 amide bonds. The van der Waals surface area contributed by atoms with Crippen LogP contribution in [0.15, 0.2) is 64.8 Å². The Hall–Kier alpha value is -3.54. The van der Waals surface area contributed by atoms with Gasteiger partial charge in [0.1, 0.15) is 17.1 Å². The molecule has 0 saturated heterocycles. The molecule has 0 radical (unpaired) electrons. The normalized spacial score (nSPS) is 13.9. The second-order valence-corrected chi connectivity index (χ2v) is 6.16. The number of hydrogen-bond acceptors (Lipinski definition) is 5. The molecule has 0 aliphatic carbocycles. The number of para-hydroxylation sites is 1. The minimum atomic E-state index is -0.171. The molecule has 2 heterocycles. The summed E-state index contributed by atoms with van der Waals surface area (Å²) in [5.74, 6) is 0.261. The lowest BCUT2D eigenvalue weighted by molar-refractivity contribution is -0.116. The highest BCUT2D eigenvalue weighted by Crippen LogP contribution is 2.43. The van der Waals surface area contributed by atoms with Crippen LogP contribution < -0.4 is 9.75 Å². The zero-order valence-corrected chi connectivity index (χ0v) is 14.8. The Morgan fingerprint density at radius 3 is 2.81 bits per heavy atom. The average Bonchev–Trinajstić information content (AvgIpc) is 3.31. The van der Waals surface area contributed by atoms with E-state index in [1.54, 1.807) is 18.4 Å². The number of methoxy groups -OCH3 is 1. The molecule has 0 unspecified atom stereocenters. The molecule has 27 heavy (non-hydrogen) atoms. The maximum atomic E-state index is 12.5. The fourth-order valence-electron chi connectivity index (χ4n) is 3.38. The number of rotatable bonds is 5. The molecule has 6 nitrogen and oxygen atoms in total. The number of fused-ring (bicyclic) bond motifs is 1. The van der Waals surface area contributed by atoms with E-state index in [4.69, 9.17) is 9.15 Å². The maximum Gasteiger partial charge on any atom is 0.253 e. The molecule has 0 fully saturated rings. The van der Waals surface area contributed by atoms with Crippen LogP contribution in [0.5, 0.6) is 11.5 Å². The van der Waals surface area contributed by atoms with Gasteiger partial charge >= 0.3 is 0 Å². The first-order valence-corrected chi connectivity index (χ1v) is 8.51. The molecule has 0 spiro atoms. The largest absolute Gasteiger partial charge is 0.507 e. The summed E-state index contributed by atoms with van der Waals surface area (Å²) in [5.41, 5.74) is 2.67. The standard InChI is InChI=1S/C21H18N2O4/c1-3-7-14-19(25)18(21(26-2)15-10-11-27-20(14)15)16-12-17(24)23(22-16)13-8-5-4-6-9-13/h3-6,8-11,25H,1,7,12H2,2H3. The Bertz CT molecular complexity index is 1070. The summed E-state index contributed by atoms with van der Waals surface area (Å²) in [5, 5.41) is 17.5. The van der Waals surface area contributed by atoms with Gasteiger partial charge in [-0.2, -0.15) is 5.10 Å². The highest BCUT2D eigenvalue weighted by atomic mass is 16.5. The lowest BCUT2D eigenvalue weighted by Crippen LogP contribution is -2.19. The van der Waals surface area contributed by atoms with Gasteiger partial charge in [0.2, 0.25) is 0 Å². The van der Waals surface area contributed by atoms with Crippen molar-refractivity contribution in [2.45, 2.75) is 12.8 Å². The van der Waals surface area contributed by atoms with E-state index < -0.39 is 0 Å². The van der Waals surface area contributed by atoms with Crippen molar-refractivity contribution < 1.29 is 19.1 Å². The van der Waals surface area contributed by atoms with Crippen molar-refractivity contribution >= 4 is 28.3 Å². The minimum absolute atomic E-state index is 0.00402. The highest BCUT2D eigenvalue weighted by Gasteiger charge is 2.32. The first kappa shape index (κ1) is 16.9. The summed E-state index contributed by atoms with van der Waals surface area (Å²) < 4.78 is 11.1. The van der Waals surface area contributed by atoms with Crippen LogP contribution in [-0.4, -0.2) is 23.8 Å². The number of amides is 1.